The molecule has 18 heavy (non-hydrogen) atoms. The molecule has 3 N–H and O–H groups in total. The Labute approximate surface area is 112 Å². The molecule has 0 unspecified atom stereocenters. The highest BCUT2D eigenvalue weighted by Crippen LogP contribution is 2.23. The molecule has 0 heterocycles. The van der Waals surface area contributed by atoms with Crippen molar-refractivity contribution in [2.24, 2.45) is 22.2 Å². The van der Waals surface area contributed by atoms with Gasteiger partial charge in [0.1, 0.15) is 5.84 Å². The van der Waals surface area contributed by atoms with E-state index < -0.39 is 0 Å². The first-order valence-corrected chi connectivity index (χ1v) is 7.03. The minimum atomic E-state index is -0.232. The molecule has 0 amide bonds. The number of oxime groups is 1. The summed E-state index contributed by atoms with van der Waals surface area (Å²) in [7, 11) is 0. The smallest absolute Gasteiger partial charge is 0.144 e. The van der Waals surface area contributed by atoms with Crippen molar-refractivity contribution in [2.45, 2.75) is 59.8 Å². The summed E-state index contributed by atoms with van der Waals surface area (Å²) in [5, 5.41) is 11.7. The lowest BCUT2D eigenvalue weighted by atomic mass is 9.86. The maximum Gasteiger partial charge on any atom is 0.144 e. The molecule has 0 bridgehead atoms. The molecule has 0 aromatic rings. The second kappa shape index (κ2) is 9.20. The summed E-state index contributed by atoms with van der Waals surface area (Å²) < 4.78 is 5.67. The highest BCUT2D eigenvalue weighted by atomic mass is 16.5. The number of unbranched alkanes of at least 4 members (excludes halogenated alkanes) is 1. The third kappa shape index (κ3) is 6.84. The van der Waals surface area contributed by atoms with Crippen molar-refractivity contribution in [3.8, 4) is 0 Å². The Morgan fingerprint density at radius 3 is 2.39 bits per heavy atom. The van der Waals surface area contributed by atoms with Crippen LogP contribution in [0.4, 0.5) is 0 Å². The van der Waals surface area contributed by atoms with Gasteiger partial charge in [-0.05, 0) is 18.8 Å². The fraction of sp³-hybridized carbons (Fsp3) is 0.929. The number of amidine groups is 1. The van der Waals surface area contributed by atoms with Gasteiger partial charge in [0, 0.05) is 18.6 Å². The third-order valence-electron chi connectivity index (χ3n) is 3.65. The van der Waals surface area contributed by atoms with Gasteiger partial charge < -0.3 is 15.7 Å². The van der Waals surface area contributed by atoms with E-state index in [4.69, 9.17) is 15.7 Å². The summed E-state index contributed by atoms with van der Waals surface area (Å²) >= 11 is 0. The van der Waals surface area contributed by atoms with Gasteiger partial charge >= 0.3 is 0 Å². The Balaban J connectivity index is 3.63. The van der Waals surface area contributed by atoms with Crippen LogP contribution in [0.1, 0.15) is 59.8 Å². The first-order chi connectivity index (χ1) is 8.47. The van der Waals surface area contributed by atoms with Crippen LogP contribution in [0.15, 0.2) is 5.16 Å². The van der Waals surface area contributed by atoms with Gasteiger partial charge in [-0.1, -0.05) is 52.1 Å². The van der Waals surface area contributed by atoms with Crippen molar-refractivity contribution in [1.29, 1.82) is 0 Å². The van der Waals surface area contributed by atoms with E-state index in [0.717, 1.165) is 32.5 Å². The van der Waals surface area contributed by atoms with Crippen molar-refractivity contribution in [1.82, 2.24) is 0 Å². The van der Waals surface area contributed by atoms with Crippen LogP contribution in [0.2, 0.25) is 0 Å². The molecule has 0 saturated carbocycles. The Hall–Kier alpha value is -0.770. The van der Waals surface area contributed by atoms with Crippen molar-refractivity contribution < 1.29 is 9.94 Å². The molecule has 0 aliphatic rings. The number of nitrogens with zero attached hydrogens (tertiary/aromatic N) is 1. The molecule has 0 aromatic carbocycles. The molecule has 4 nitrogen and oxygen atoms in total. The van der Waals surface area contributed by atoms with E-state index in [9.17, 15) is 0 Å². The minimum Gasteiger partial charge on any atom is -0.409 e. The second-order valence-electron chi connectivity index (χ2n) is 5.58. The summed E-state index contributed by atoms with van der Waals surface area (Å²) in [6, 6.07) is 0. The molecule has 4 heteroatoms. The van der Waals surface area contributed by atoms with Crippen LogP contribution in [-0.4, -0.2) is 24.3 Å². The molecule has 0 rings (SSSR count). The topological polar surface area (TPSA) is 67.8 Å². The van der Waals surface area contributed by atoms with Gasteiger partial charge in [0.25, 0.3) is 0 Å². The van der Waals surface area contributed by atoms with E-state index in [1.54, 1.807) is 0 Å². The number of rotatable bonds is 10. The summed E-state index contributed by atoms with van der Waals surface area (Å²) in [6.07, 6.45) is 5.35. The molecule has 0 aliphatic carbocycles. The summed E-state index contributed by atoms with van der Waals surface area (Å²) in [5.74, 6) is 0.999. The Morgan fingerprint density at radius 1 is 1.28 bits per heavy atom. The fourth-order valence-corrected chi connectivity index (χ4v) is 1.81. The van der Waals surface area contributed by atoms with E-state index in [1.807, 2.05) is 13.8 Å². The Kier molecular flexibility index (Phi) is 8.81. The lowest BCUT2D eigenvalue weighted by Gasteiger charge is -2.22. The molecule has 0 atom stereocenters. The summed E-state index contributed by atoms with van der Waals surface area (Å²) in [5.41, 5.74) is 5.40. The fourth-order valence-electron chi connectivity index (χ4n) is 1.81. The van der Waals surface area contributed by atoms with Gasteiger partial charge in [-0.25, -0.2) is 0 Å². The van der Waals surface area contributed by atoms with E-state index in [1.165, 1.54) is 12.8 Å². The zero-order valence-electron chi connectivity index (χ0n) is 12.4. The van der Waals surface area contributed by atoms with Crippen molar-refractivity contribution in [2.75, 3.05) is 13.2 Å². The first-order valence-electron chi connectivity index (χ1n) is 7.03. The standard InChI is InChI=1S/C14H30N2O2/c1-5-12(6-2)11-18-10-8-7-9-14(3,4)13(15)16-17/h12,17H,5-11H2,1-4H3,(H2,15,16). The van der Waals surface area contributed by atoms with Crippen molar-refractivity contribution >= 4 is 5.84 Å². The average Bonchev–Trinajstić information content (AvgIpc) is 2.37. The van der Waals surface area contributed by atoms with Crippen LogP contribution in [0.5, 0.6) is 0 Å². The van der Waals surface area contributed by atoms with Crippen LogP contribution in [0.3, 0.4) is 0 Å². The van der Waals surface area contributed by atoms with Crippen LogP contribution in [0, 0.1) is 11.3 Å². The van der Waals surface area contributed by atoms with E-state index >= 15 is 0 Å². The monoisotopic (exact) mass is 258 g/mol. The van der Waals surface area contributed by atoms with Crippen LogP contribution >= 0.6 is 0 Å². The molecule has 0 radical (unpaired) electrons. The summed E-state index contributed by atoms with van der Waals surface area (Å²) in [4.78, 5) is 0. The molecule has 0 fully saturated rings. The quantitative estimate of drug-likeness (QED) is 0.207. The lowest BCUT2D eigenvalue weighted by Crippen LogP contribution is -2.31. The number of hydrogen-bond donors (Lipinski definition) is 2. The van der Waals surface area contributed by atoms with Gasteiger partial charge in [-0.3, -0.25) is 0 Å². The largest absolute Gasteiger partial charge is 0.409 e. The van der Waals surface area contributed by atoms with Crippen molar-refractivity contribution in [3.05, 3.63) is 0 Å². The predicted molar refractivity (Wildman–Crippen MR) is 75.9 cm³/mol. The van der Waals surface area contributed by atoms with Crippen LogP contribution in [-0.2, 0) is 4.74 Å². The van der Waals surface area contributed by atoms with Gasteiger partial charge in [0.15, 0.2) is 0 Å². The highest BCUT2D eigenvalue weighted by molar-refractivity contribution is 5.85. The zero-order valence-corrected chi connectivity index (χ0v) is 12.4. The average molecular weight is 258 g/mol. The Bertz CT molecular complexity index is 236. The summed E-state index contributed by atoms with van der Waals surface area (Å²) in [6.45, 7) is 10.1. The number of nitrogens with two attached hydrogens (primary N) is 1. The molecular weight excluding hydrogens is 228 g/mol. The van der Waals surface area contributed by atoms with E-state index in [0.29, 0.717) is 11.8 Å². The minimum absolute atomic E-state index is 0.232. The van der Waals surface area contributed by atoms with Crippen LogP contribution in [0.25, 0.3) is 0 Å². The second-order valence-corrected chi connectivity index (χ2v) is 5.58. The normalized spacial score (nSPS) is 13.3. The third-order valence-corrected chi connectivity index (χ3v) is 3.65. The van der Waals surface area contributed by atoms with Gasteiger partial charge in [0.05, 0.1) is 0 Å². The van der Waals surface area contributed by atoms with Crippen LogP contribution < -0.4 is 5.73 Å². The lowest BCUT2D eigenvalue weighted by molar-refractivity contribution is 0.0923. The first kappa shape index (κ1) is 17.2. The van der Waals surface area contributed by atoms with Gasteiger partial charge in [-0.2, -0.15) is 0 Å². The maximum atomic E-state index is 8.66. The van der Waals surface area contributed by atoms with E-state index in [-0.39, 0.29) is 5.41 Å². The molecule has 108 valence electrons. The molecule has 0 spiro atoms. The van der Waals surface area contributed by atoms with E-state index in [2.05, 4.69) is 19.0 Å². The highest BCUT2D eigenvalue weighted by Gasteiger charge is 2.22. The van der Waals surface area contributed by atoms with Gasteiger partial charge in [-0.15, -0.1) is 0 Å². The molecule has 0 saturated heterocycles. The molecule has 0 aromatic heterocycles. The molecule has 0 aliphatic heterocycles. The SMILES string of the molecule is CCC(CC)COCCCCC(C)(C)C(N)=NO. The number of hydrogen-bond acceptors (Lipinski definition) is 3. The zero-order chi connectivity index (χ0) is 14.0. The van der Waals surface area contributed by atoms with Crippen molar-refractivity contribution in [3.63, 3.8) is 0 Å². The predicted octanol–water partition coefficient (Wildman–Crippen LogP) is 3.38. The number of ether oxygens (including phenoxy) is 1. The maximum absolute atomic E-state index is 8.66. The Morgan fingerprint density at radius 2 is 1.89 bits per heavy atom. The van der Waals surface area contributed by atoms with Gasteiger partial charge in [0.2, 0.25) is 0 Å². The molecular formula is C14H30N2O2.